The van der Waals surface area contributed by atoms with Crippen LogP contribution in [-0.4, -0.2) is 55.4 Å². The molecule has 12 heteroatoms. The van der Waals surface area contributed by atoms with Gasteiger partial charge in [-0.2, -0.15) is 13.2 Å². The second kappa shape index (κ2) is 9.49. The molecule has 1 fully saturated rings. The number of carbonyl (C=O) groups is 1. The molecular weight excluding hydrogens is 491 g/mol. The first-order valence-corrected chi connectivity index (χ1v) is 13.1. The number of amidine groups is 1. The molecule has 2 aliphatic rings. The normalized spacial score (nSPS) is 21.0. The summed E-state index contributed by atoms with van der Waals surface area (Å²) in [5.41, 5.74) is 1.15. The fourth-order valence-electron chi connectivity index (χ4n) is 3.63. The average Bonchev–Trinajstić information content (AvgIpc) is 3.24. The van der Waals surface area contributed by atoms with Gasteiger partial charge in [-0.05, 0) is 42.8 Å². The first kappa shape index (κ1) is 24.4. The van der Waals surface area contributed by atoms with E-state index < -0.39 is 21.6 Å². The van der Waals surface area contributed by atoms with Gasteiger partial charge in [-0.1, -0.05) is 23.9 Å². The SMILES string of the molecule is Cc1ccc(C(=O)NCCOc2cccc(C(F)(F)F)c2)cc1NC1=N[C@H]2CS(=O)(=O)C[C@H]2S1. The summed E-state index contributed by atoms with van der Waals surface area (Å²) in [4.78, 5) is 17.0. The lowest BCUT2D eigenvalue weighted by molar-refractivity contribution is -0.137. The molecule has 2 aromatic rings. The van der Waals surface area contributed by atoms with Gasteiger partial charge in [0.2, 0.25) is 0 Å². The van der Waals surface area contributed by atoms with E-state index >= 15 is 0 Å². The number of ether oxygens (including phenoxy) is 1. The van der Waals surface area contributed by atoms with E-state index in [1.807, 2.05) is 6.92 Å². The van der Waals surface area contributed by atoms with Crippen molar-refractivity contribution in [1.29, 1.82) is 0 Å². The maximum Gasteiger partial charge on any atom is 0.416 e. The van der Waals surface area contributed by atoms with Crippen LogP contribution in [-0.2, 0) is 16.0 Å². The second-order valence-corrected chi connectivity index (χ2v) is 11.4. The van der Waals surface area contributed by atoms with Crippen molar-refractivity contribution in [1.82, 2.24) is 5.32 Å². The monoisotopic (exact) mass is 513 g/mol. The Bertz CT molecular complexity index is 1230. The fourth-order valence-corrected chi connectivity index (χ4v) is 7.29. The highest BCUT2D eigenvalue weighted by Crippen LogP contribution is 2.35. The molecule has 2 N–H and O–H groups in total. The van der Waals surface area contributed by atoms with E-state index in [4.69, 9.17) is 4.74 Å². The second-order valence-electron chi connectivity index (χ2n) is 8.02. The van der Waals surface area contributed by atoms with Gasteiger partial charge < -0.3 is 15.4 Å². The third kappa shape index (κ3) is 5.84. The van der Waals surface area contributed by atoms with Crippen LogP contribution in [0.2, 0.25) is 0 Å². The van der Waals surface area contributed by atoms with Gasteiger partial charge in [-0.15, -0.1) is 0 Å². The van der Waals surface area contributed by atoms with Crippen LogP contribution in [0.15, 0.2) is 47.5 Å². The van der Waals surface area contributed by atoms with Gasteiger partial charge in [-0.25, -0.2) is 8.42 Å². The Morgan fingerprint density at radius 3 is 2.74 bits per heavy atom. The molecule has 0 unspecified atom stereocenters. The number of hydrogen-bond acceptors (Lipinski definition) is 7. The molecule has 0 aromatic heterocycles. The lowest BCUT2D eigenvalue weighted by Crippen LogP contribution is -2.28. The van der Waals surface area contributed by atoms with E-state index in [2.05, 4.69) is 15.6 Å². The minimum atomic E-state index is -4.45. The number of rotatable bonds is 6. The van der Waals surface area contributed by atoms with Crippen LogP contribution in [0.25, 0.3) is 0 Å². The van der Waals surface area contributed by atoms with E-state index in [1.165, 1.54) is 23.9 Å². The van der Waals surface area contributed by atoms with Crippen LogP contribution >= 0.6 is 11.8 Å². The van der Waals surface area contributed by atoms with Gasteiger partial charge in [0.1, 0.15) is 12.4 Å². The summed E-state index contributed by atoms with van der Waals surface area (Å²) in [5, 5.41) is 6.41. The van der Waals surface area contributed by atoms with Gasteiger partial charge in [0.25, 0.3) is 5.91 Å². The molecule has 0 aliphatic carbocycles. The minimum Gasteiger partial charge on any atom is -0.492 e. The van der Waals surface area contributed by atoms with Crippen molar-refractivity contribution in [3.8, 4) is 5.75 Å². The summed E-state index contributed by atoms with van der Waals surface area (Å²) in [6, 6.07) is 9.41. The number of halogens is 3. The molecule has 7 nitrogen and oxygen atoms in total. The molecule has 0 saturated carbocycles. The van der Waals surface area contributed by atoms with E-state index in [-0.39, 0.29) is 47.6 Å². The lowest BCUT2D eigenvalue weighted by atomic mass is 10.1. The molecule has 2 atom stereocenters. The van der Waals surface area contributed by atoms with Crippen LogP contribution in [0.4, 0.5) is 18.9 Å². The van der Waals surface area contributed by atoms with Crippen molar-refractivity contribution in [2.75, 3.05) is 30.0 Å². The largest absolute Gasteiger partial charge is 0.492 e. The Labute approximate surface area is 199 Å². The van der Waals surface area contributed by atoms with Gasteiger partial charge in [0, 0.05) is 16.5 Å². The number of hydrogen-bond donors (Lipinski definition) is 2. The summed E-state index contributed by atoms with van der Waals surface area (Å²) in [6.07, 6.45) is -4.45. The summed E-state index contributed by atoms with van der Waals surface area (Å²) in [5.74, 6) is -0.126. The molecule has 2 heterocycles. The van der Waals surface area contributed by atoms with Crippen molar-refractivity contribution >= 4 is 38.4 Å². The smallest absolute Gasteiger partial charge is 0.416 e. The van der Waals surface area contributed by atoms with Gasteiger partial charge in [-0.3, -0.25) is 9.79 Å². The van der Waals surface area contributed by atoms with Gasteiger partial charge >= 0.3 is 6.18 Å². The number of nitrogens with one attached hydrogen (secondary N) is 2. The molecule has 1 saturated heterocycles. The number of anilines is 1. The predicted molar refractivity (Wildman–Crippen MR) is 125 cm³/mol. The number of aryl methyl sites for hydroxylation is 1. The van der Waals surface area contributed by atoms with Crippen molar-refractivity contribution in [3.05, 3.63) is 59.2 Å². The van der Waals surface area contributed by atoms with Gasteiger partial charge in [0.15, 0.2) is 15.0 Å². The van der Waals surface area contributed by atoms with Crippen molar-refractivity contribution in [2.24, 2.45) is 4.99 Å². The number of amides is 1. The Morgan fingerprint density at radius 2 is 2.00 bits per heavy atom. The Kier molecular flexibility index (Phi) is 6.81. The van der Waals surface area contributed by atoms with Crippen LogP contribution in [0, 0.1) is 6.92 Å². The van der Waals surface area contributed by atoms with Gasteiger partial charge in [0.05, 0.1) is 29.7 Å². The number of sulfone groups is 1. The van der Waals surface area contributed by atoms with Crippen LogP contribution in [0.1, 0.15) is 21.5 Å². The number of thioether (sulfide) groups is 1. The molecule has 1 amide bonds. The highest BCUT2D eigenvalue weighted by Gasteiger charge is 2.42. The highest BCUT2D eigenvalue weighted by atomic mass is 32.2. The molecule has 2 aliphatic heterocycles. The number of alkyl halides is 3. The quantitative estimate of drug-likeness (QED) is 0.574. The van der Waals surface area contributed by atoms with Crippen LogP contribution < -0.4 is 15.4 Å². The summed E-state index contributed by atoms with van der Waals surface area (Å²) >= 11 is 1.39. The molecule has 4 rings (SSSR count). The molecule has 0 spiro atoms. The first-order chi connectivity index (χ1) is 16.0. The summed E-state index contributed by atoms with van der Waals surface area (Å²) in [7, 11) is -3.03. The molecule has 2 aromatic carbocycles. The fraction of sp³-hybridized carbons (Fsp3) is 0.364. The third-order valence-corrected chi connectivity index (χ3v) is 8.52. The standard InChI is InChI=1S/C22H22F3N3O4S2/c1-13-5-6-14(9-17(13)27-21-28-18-11-34(30,31)12-19(18)33-21)20(29)26-7-8-32-16-4-2-3-15(10-16)22(23,24)25/h2-6,9-10,18-19H,7-8,11-12H2,1H3,(H,26,29)(H,27,28)/t18-,19+/m0/s1. The van der Waals surface area contributed by atoms with Crippen LogP contribution in [0.5, 0.6) is 5.75 Å². The Morgan fingerprint density at radius 1 is 1.21 bits per heavy atom. The zero-order valence-electron chi connectivity index (χ0n) is 18.1. The summed E-state index contributed by atoms with van der Waals surface area (Å²) in [6.45, 7) is 1.98. The number of nitrogens with zero attached hydrogens (tertiary/aromatic N) is 1. The number of benzene rings is 2. The maximum atomic E-state index is 12.8. The highest BCUT2D eigenvalue weighted by molar-refractivity contribution is 8.15. The maximum absolute atomic E-state index is 12.8. The van der Waals surface area contributed by atoms with Crippen molar-refractivity contribution in [3.63, 3.8) is 0 Å². The number of fused-ring (bicyclic) bond motifs is 1. The molecule has 0 radical (unpaired) electrons. The lowest BCUT2D eigenvalue weighted by Gasteiger charge is -2.13. The molecule has 0 bridgehead atoms. The van der Waals surface area contributed by atoms with E-state index in [9.17, 15) is 26.4 Å². The number of carbonyl (C=O) groups excluding carboxylic acids is 1. The Hall–Kier alpha value is -2.73. The van der Waals surface area contributed by atoms with E-state index in [0.29, 0.717) is 16.4 Å². The Balaban J connectivity index is 1.31. The van der Waals surface area contributed by atoms with Crippen molar-refractivity contribution in [2.45, 2.75) is 24.4 Å². The summed E-state index contributed by atoms with van der Waals surface area (Å²) < 4.78 is 67.1. The molecule has 34 heavy (non-hydrogen) atoms. The van der Waals surface area contributed by atoms with E-state index in [0.717, 1.165) is 17.7 Å². The molecular formula is C22H22F3N3O4S2. The average molecular weight is 514 g/mol. The van der Waals surface area contributed by atoms with Crippen LogP contribution in [0.3, 0.4) is 0 Å². The zero-order chi connectivity index (χ0) is 24.5. The zero-order valence-corrected chi connectivity index (χ0v) is 19.7. The first-order valence-electron chi connectivity index (χ1n) is 10.4. The third-order valence-electron chi connectivity index (χ3n) is 5.38. The van der Waals surface area contributed by atoms with Crippen molar-refractivity contribution < 1.29 is 31.1 Å². The number of aliphatic imine (C=N–C) groups is 1. The topological polar surface area (TPSA) is 96.9 Å². The van der Waals surface area contributed by atoms with E-state index in [1.54, 1.807) is 18.2 Å². The minimum absolute atomic E-state index is 0.00312. The molecule has 182 valence electrons. The predicted octanol–water partition coefficient (Wildman–Crippen LogP) is 3.50.